The Labute approximate surface area is 218 Å². The minimum atomic E-state index is -0.720. The van der Waals surface area contributed by atoms with Crippen molar-refractivity contribution in [2.45, 2.75) is 32.1 Å². The smallest absolute Gasteiger partial charge is 0.247 e. The molecule has 7 nitrogen and oxygen atoms in total. The van der Waals surface area contributed by atoms with E-state index in [4.69, 9.17) is 16.6 Å². The minimum absolute atomic E-state index is 0.104. The summed E-state index contributed by atoms with van der Waals surface area (Å²) in [5.74, 6) is 4.60. The molecule has 0 fully saturated rings. The fourth-order valence-corrected chi connectivity index (χ4v) is 4.18. The van der Waals surface area contributed by atoms with Gasteiger partial charge < -0.3 is 5.73 Å². The molecule has 3 rings (SSSR count). The van der Waals surface area contributed by atoms with Crippen LogP contribution in [0.15, 0.2) is 98.0 Å². The first kappa shape index (κ1) is 27.4. The van der Waals surface area contributed by atoms with Gasteiger partial charge in [-0.05, 0) is 59.9 Å². The van der Waals surface area contributed by atoms with E-state index >= 15 is 0 Å². The number of fused-ring (bicyclic) bond motifs is 1. The second-order valence-corrected chi connectivity index (χ2v) is 8.70. The quantitative estimate of drug-likeness (QED) is 0.152. The maximum Gasteiger partial charge on any atom is 0.247 e. The Hall–Kier alpha value is -4.20. The Bertz CT molecular complexity index is 1360. The van der Waals surface area contributed by atoms with E-state index in [2.05, 4.69) is 47.6 Å². The standard InChI is InChI=1S/C30H34N6O/c1-5-7-8-9-20(3)24-18-25-26(35-28(24)21(4)10-11-22(6-2)19-31)14-17-34-29(25)27(30(37)36-32)23-12-15-33-16-13-23/h5-9,11-18,21,27H,1-2,10,19,31-32H2,3-4H3,(H,36,37)/b8-7-,20-9+,22-11+. The summed E-state index contributed by atoms with van der Waals surface area (Å²) in [6.45, 7) is 12.2. The van der Waals surface area contributed by atoms with Crippen molar-refractivity contribution in [2.75, 3.05) is 6.54 Å². The largest absolute Gasteiger partial charge is 0.327 e. The average Bonchev–Trinajstić information content (AvgIpc) is 2.93. The van der Waals surface area contributed by atoms with Gasteiger partial charge in [0.05, 0.1) is 16.9 Å². The lowest BCUT2D eigenvalue weighted by molar-refractivity contribution is -0.121. The van der Waals surface area contributed by atoms with E-state index in [9.17, 15) is 4.79 Å². The number of carbonyl (C=O) groups is 1. The van der Waals surface area contributed by atoms with E-state index in [0.29, 0.717) is 12.2 Å². The number of hydrogen-bond acceptors (Lipinski definition) is 6. The first-order valence-corrected chi connectivity index (χ1v) is 12.1. The van der Waals surface area contributed by atoms with Crippen molar-refractivity contribution >= 4 is 22.4 Å². The molecule has 3 heterocycles. The zero-order valence-corrected chi connectivity index (χ0v) is 21.4. The molecule has 7 heteroatoms. The minimum Gasteiger partial charge on any atom is -0.327 e. The van der Waals surface area contributed by atoms with Crippen molar-refractivity contribution in [3.8, 4) is 0 Å². The number of allylic oxidation sites excluding steroid dienone is 6. The van der Waals surface area contributed by atoms with Gasteiger partial charge in [0.2, 0.25) is 5.91 Å². The number of amides is 1. The summed E-state index contributed by atoms with van der Waals surface area (Å²) in [5, 5.41) is 0.781. The van der Waals surface area contributed by atoms with Crippen molar-refractivity contribution in [1.82, 2.24) is 20.4 Å². The zero-order chi connectivity index (χ0) is 26.8. The van der Waals surface area contributed by atoms with E-state index in [1.165, 1.54) is 0 Å². The highest BCUT2D eigenvalue weighted by Crippen LogP contribution is 2.34. The number of carbonyl (C=O) groups excluding carboxylic acids is 1. The third-order valence-electron chi connectivity index (χ3n) is 6.24. The van der Waals surface area contributed by atoms with Gasteiger partial charge in [-0.15, -0.1) is 0 Å². The summed E-state index contributed by atoms with van der Waals surface area (Å²) in [5.41, 5.74) is 14.1. The van der Waals surface area contributed by atoms with Crippen LogP contribution in [0.3, 0.4) is 0 Å². The molecule has 3 aromatic heterocycles. The molecular weight excluding hydrogens is 460 g/mol. The Morgan fingerprint density at radius 2 is 1.89 bits per heavy atom. The first-order valence-electron chi connectivity index (χ1n) is 12.1. The van der Waals surface area contributed by atoms with Crippen molar-refractivity contribution in [3.05, 3.63) is 121 Å². The molecule has 0 aromatic carbocycles. The SMILES string of the molecule is C=C/C=C\C=C(/C)c1cc2c(C(C(=O)NN)c3ccncc3)nccc2nc1C(C)C/C=C(\C=C)CN. The molecule has 0 saturated carbocycles. The number of nitrogens with one attached hydrogen (secondary N) is 1. The van der Waals surface area contributed by atoms with Crippen molar-refractivity contribution in [2.24, 2.45) is 11.6 Å². The number of hydrazine groups is 1. The highest BCUT2D eigenvalue weighted by molar-refractivity contribution is 5.93. The average molecular weight is 495 g/mol. The third-order valence-corrected chi connectivity index (χ3v) is 6.24. The molecule has 5 N–H and O–H groups in total. The molecule has 0 aliphatic rings. The van der Waals surface area contributed by atoms with Gasteiger partial charge in [-0.1, -0.05) is 56.5 Å². The fourth-order valence-electron chi connectivity index (χ4n) is 4.18. The van der Waals surface area contributed by atoms with Crippen LogP contribution in [0, 0.1) is 0 Å². The summed E-state index contributed by atoms with van der Waals surface area (Å²) < 4.78 is 0. The molecule has 0 radical (unpaired) electrons. The molecule has 190 valence electrons. The van der Waals surface area contributed by atoms with Crippen molar-refractivity contribution in [3.63, 3.8) is 0 Å². The lowest BCUT2D eigenvalue weighted by atomic mass is 9.89. The molecule has 0 spiro atoms. The molecule has 0 bridgehead atoms. The summed E-state index contributed by atoms with van der Waals surface area (Å²) in [4.78, 5) is 26.8. The number of aromatic nitrogens is 3. The van der Waals surface area contributed by atoms with Gasteiger partial charge in [-0.3, -0.25) is 25.2 Å². The van der Waals surface area contributed by atoms with Gasteiger partial charge in [-0.25, -0.2) is 5.84 Å². The summed E-state index contributed by atoms with van der Waals surface area (Å²) in [7, 11) is 0. The van der Waals surface area contributed by atoms with Gasteiger partial charge >= 0.3 is 0 Å². The summed E-state index contributed by atoms with van der Waals surface area (Å²) in [6, 6.07) is 7.52. The molecule has 0 aliphatic carbocycles. The molecule has 3 aromatic rings. The Morgan fingerprint density at radius 1 is 1.14 bits per heavy atom. The molecule has 0 aliphatic heterocycles. The van der Waals surface area contributed by atoms with Gasteiger partial charge in [0.1, 0.15) is 5.92 Å². The summed E-state index contributed by atoms with van der Waals surface area (Å²) >= 11 is 0. The second kappa shape index (κ2) is 13.2. The van der Waals surface area contributed by atoms with E-state index < -0.39 is 5.92 Å². The van der Waals surface area contributed by atoms with Crippen LogP contribution < -0.4 is 17.0 Å². The highest BCUT2D eigenvalue weighted by Gasteiger charge is 2.27. The van der Waals surface area contributed by atoms with Crippen LogP contribution in [0.25, 0.3) is 16.5 Å². The van der Waals surface area contributed by atoms with E-state index in [-0.39, 0.29) is 11.8 Å². The topological polar surface area (TPSA) is 120 Å². The second-order valence-electron chi connectivity index (χ2n) is 8.70. The fraction of sp³-hybridized carbons (Fsp3) is 0.200. The Morgan fingerprint density at radius 3 is 2.54 bits per heavy atom. The van der Waals surface area contributed by atoms with E-state index in [1.807, 2.05) is 31.2 Å². The maximum absolute atomic E-state index is 13.0. The van der Waals surface area contributed by atoms with Crippen LogP contribution in [0.1, 0.15) is 54.6 Å². The van der Waals surface area contributed by atoms with Gasteiger partial charge in [-0.2, -0.15) is 0 Å². The third kappa shape index (κ3) is 6.52. The predicted octanol–water partition coefficient (Wildman–Crippen LogP) is 4.86. The van der Waals surface area contributed by atoms with Crippen LogP contribution in [0.2, 0.25) is 0 Å². The lowest BCUT2D eigenvalue weighted by Gasteiger charge is -2.20. The molecule has 0 saturated heterocycles. The maximum atomic E-state index is 13.0. The highest BCUT2D eigenvalue weighted by atomic mass is 16.2. The number of hydrogen-bond donors (Lipinski definition) is 3. The molecule has 2 unspecified atom stereocenters. The Balaban J connectivity index is 2.26. The summed E-state index contributed by atoms with van der Waals surface area (Å²) in [6.07, 6.45) is 17.2. The van der Waals surface area contributed by atoms with Crippen LogP contribution >= 0.6 is 0 Å². The zero-order valence-electron chi connectivity index (χ0n) is 21.4. The number of nitrogens with two attached hydrogens (primary N) is 2. The molecule has 1 amide bonds. The molecule has 2 atom stereocenters. The first-order chi connectivity index (χ1) is 17.9. The predicted molar refractivity (Wildman–Crippen MR) is 151 cm³/mol. The Kier molecular flexibility index (Phi) is 9.77. The van der Waals surface area contributed by atoms with Crippen LogP contribution in [-0.4, -0.2) is 27.4 Å². The van der Waals surface area contributed by atoms with Crippen LogP contribution in [0.5, 0.6) is 0 Å². The van der Waals surface area contributed by atoms with Crippen molar-refractivity contribution in [1.29, 1.82) is 0 Å². The van der Waals surface area contributed by atoms with Crippen LogP contribution in [0.4, 0.5) is 0 Å². The number of pyridine rings is 3. The molecular formula is C30H34N6O. The monoisotopic (exact) mass is 494 g/mol. The van der Waals surface area contributed by atoms with E-state index in [0.717, 1.165) is 45.3 Å². The number of rotatable bonds is 11. The normalized spacial score (nSPS) is 13.9. The lowest BCUT2D eigenvalue weighted by Crippen LogP contribution is -2.35. The van der Waals surface area contributed by atoms with Gasteiger partial charge in [0.25, 0.3) is 0 Å². The van der Waals surface area contributed by atoms with Crippen molar-refractivity contribution < 1.29 is 4.79 Å². The van der Waals surface area contributed by atoms with Gasteiger partial charge in [0, 0.05) is 36.4 Å². The van der Waals surface area contributed by atoms with Gasteiger partial charge in [0.15, 0.2) is 0 Å². The van der Waals surface area contributed by atoms with Crippen LogP contribution in [-0.2, 0) is 4.79 Å². The molecule has 37 heavy (non-hydrogen) atoms. The number of nitrogens with zero attached hydrogens (tertiary/aromatic N) is 3. The van der Waals surface area contributed by atoms with E-state index in [1.54, 1.807) is 42.9 Å².